The van der Waals surface area contributed by atoms with Crippen molar-refractivity contribution in [3.05, 3.63) is 139 Å². The van der Waals surface area contributed by atoms with E-state index in [0.29, 0.717) is 24.8 Å². The molecule has 0 fully saturated rings. The van der Waals surface area contributed by atoms with Crippen molar-refractivity contribution in [2.45, 2.75) is 13.2 Å². The van der Waals surface area contributed by atoms with Crippen LogP contribution in [-0.4, -0.2) is 9.97 Å². The Morgan fingerprint density at radius 1 is 0.556 bits per heavy atom. The molecule has 0 aliphatic carbocycles. The third-order valence-corrected chi connectivity index (χ3v) is 5.08. The molecular formula is C30H28N4O2. The lowest BCUT2D eigenvalue weighted by molar-refractivity contribution is 0.307. The summed E-state index contributed by atoms with van der Waals surface area (Å²) < 4.78 is 11.4. The Morgan fingerprint density at radius 2 is 1.06 bits per heavy atom. The fourth-order valence-electron chi connectivity index (χ4n) is 3.25. The highest BCUT2D eigenvalue weighted by molar-refractivity contribution is 5.61. The summed E-state index contributed by atoms with van der Waals surface area (Å²) in [6, 6.07) is 37.4. The molecule has 0 amide bonds. The van der Waals surface area contributed by atoms with Gasteiger partial charge in [-0.3, -0.25) is 0 Å². The lowest BCUT2D eigenvalue weighted by Gasteiger charge is -2.12. The van der Waals surface area contributed by atoms with Gasteiger partial charge in [0.05, 0.1) is 0 Å². The highest BCUT2D eigenvalue weighted by atomic mass is 16.5. The molecule has 6 nitrogen and oxygen atoms in total. The van der Waals surface area contributed by atoms with Gasteiger partial charge in [0, 0.05) is 18.1 Å². The van der Waals surface area contributed by atoms with Gasteiger partial charge in [0.2, 0.25) is 0 Å². The zero-order valence-electron chi connectivity index (χ0n) is 19.8. The van der Waals surface area contributed by atoms with Crippen molar-refractivity contribution >= 4 is 17.3 Å². The normalized spacial score (nSPS) is 10.0. The number of nitrogens with one attached hydrogen (secondary N) is 1. The minimum Gasteiger partial charge on any atom is -0.485 e. The second kappa shape index (κ2) is 13.2. The van der Waals surface area contributed by atoms with Crippen LogP contribution in [0.1, 0.15) is 11.1 Å². The van der Waals surface area contributed by atoms with E-state index in [-0.39, 0.29) is 0 Å². The number of hydrogen-bond donors (Lipinski definition) is 2. The number of para-hydroxylation sites is 1. The second-order valence-corrected chi connectivity index (χ2v) is 7.78. The van der Waals surface area contributed by atoms with Crippen LogP contribution in [0.15, 0.2) is 128 Å². The number of aromatic nitrogens is 2. The van der Waals surface area contributed by atoms with Gasteiger partial charge < -0.3 is 20.5 Å². The number of nitrogens with zero attached hydrogens (tertiary/aromatic N) is 2. The smallest absolute Gasteiger partial charge is 0.173 e. The van der Waals surface area contributed by atoms with Crippen molar-refractivity contribution < 1.29 is 9.47 Å². The summed E-state index contributed by atoms with van der Waals surface area (Å²) in [5.41, 5.74) is 8.88. The number of nitrogen functional groups attached to an aromatic ring is 1. The molecule has 0 aliphatic heterocycles. The first-order valence-electron chi connectivity index (χ1n) is 11.6. The molecule has 0 bridgehead atoms. The van der Waals surface area contributed by atoms with E-state index >= 15 is 0 Å². The maximum Gasteiger partial charge on any atom is 0.173 e. The molecule has 0 unspecified atom stereocenters. The summed E-state index contributed by atoms with van der Waals surface area (Å²) in [6.45, 7) is 1.03. The van der Waals surface area contributed by atoms with Gasteiger partial charge >= 0.3 is 0 Å². The van der Waals surface area contributed by atoms with Gasteiger partial charge in [0.15, 0.2) is 23.1 Å². The summed E-state index contributed by atoms with van der Waals surface area (Å²) in [4.78, 5) is 8.29. The number of benzene rings is 3. The van der Waals surface area contributed by atoms with Crippen LogP contribution in [0.4, 0.5) is 17.3 Å². The minimum absolute atomic E-state index is 0.424. The van der Waals surface area contributed by atoms with Crippen molar-refractivity contribution in [1.82, 2.24) is 9.97 Å². The maximum atomic E-state index is 5.87. The molecule has 0 atom stereocenters. The zero-order chi connectivity index (χ0) is 24.8. The minimum atomic E-state index is 0.424. The molecular weight excluding hydrogens is 448 g/mol. The molecule has 0 saturated heterocycles. The van der Waals surface area contributed by atoms with Crippen LogP contribution >= 0.6 is 0 Å². The number of pyridine rings is 2. The van der Waals surface area contributed by atoms with Crippen molar-refractivity contribution in [2.24, 2.45) is 0 Å². The molecule has 2 aromatic heterocycles. The number of rotatable bonds is 8. The van der Waals surface area contributed by atoms with E-state index in [1.54, 1.807) is 18.5 Å². The second-order valence-electron chi connectivity index (χ2n) is 7.78. The van der Waals surface area contributed by atoms with Gasteiger partial charge in [-0.2, -0.15) is 0 Å². The molecule has 180 valence electrons. The van der Waals surface area contributed by atoms with Crippen LogP contribution in [0.25, 0.3) is 0 Å². The van der Waals surface area contributed by atoms with E-state index in [1.165, 1.54) is 0 Å². The van der Waals surface area contributed by atoms with Gasteiger partial charge in [0.1, 0.15) is 13.2 Å². The van der Waals surface area contributed by atoms with Gasteiger partial charge in [-0.15, -0.1) is 0 Å². The Hall–Kier alpha value is -4.84. The van der Waals surface area contributed by atoms with Gasteiger partial charge in [-0.05, 0) is 47.5 Å². The predicted octanol–water partition coefficient (Wildman–Crippen LogP) is 6.65. The van der Waals surface area contributed by atoms with E-state index in [9.17, 15) is 0 Å². The lowest BCUT2D eigenvalue weighted by atomic mass is 10.2. The largest absolute Gasteiger partial charge is 0.485 e. The fourth-order valence-corrected chi connectivity index (χ4v) is 3.25. The third-order valence-electron chi connectivity index (χ3n) is 5.08. The molecule has 5 rings (SSSR count). The summed E-state index contributed by atoms with van der Waals surface area (Å²) in [5.74, 6) is 2.51. The van der Waals surface area contributed by atoms with E-state index in [1.807, 2.05) is 109 Å². The number of hydrogen-bond acceptors (Lipinski definition) is 6. The van der Waals surface area contributed by atoms with Crippen LogP contribution in [0.3, 0.4) is 0 Å². The molecule has 36 heavy (non-hydrogen) atoms. The summed E-state index contributed by atoms with van der Waals surface area (Å²) >= 11 is 0. The number of ether oxygens (including phenoxy) is 2. The first kappa shape index (κ1) is 24.3. The maximum absolute atomic E-state index is 5.87. The van der Waals surface area contributed by atoms with Crippen molar-refractivity contribution in [1.29, 1.82) is 0 Å². The third kappa shape index (κ3) is 7.60. The highest BCUT2D eigenvalue weighted by Gasteiger charge is 2.05. The van der Waals surface area contributed by atoms with Crippen molar-refractivity contribution in [3.8, 4) is 11.5 Å². The van der Waals surface area contributed by atoms with E-state index in [4.69, 9.17) is 15.2 Å². The Balaban J connectivity index is 0.000000179. The van der Waals surface area contributed by atoms with Crippen LogP contribution in [0.5, 0.6) is 11.5 Å². The molecule has 3 aromatic carbocycles. The fraction of sp³-hybridized carbons (Fsp3) is 0.0667. The Bertz CT molecular complexity index is 1320. The highest BCUT2D eigenvalue weighted by Crippen LogP contribution is 2.25. The van der Waals surface area contributed by atoms with Gasteiger partial charge in [-0.25, -0.2) is 9.97 Å². The van der Waals surface area contributed by atoms with E-state index in [0.717, 1.165) is 28.4 Å². The first-order valence-corrected chi connectivity index (χ1v) is 11.6. The number of nitrogens with two attached hydrogens (primary N) is 1. The van der Waals surface area contributed by atoms with E-state index in [2.05, 4.69) is 15.3 Å². The predicted molar refractivity (Wildman–Crippen MR) is 144 cm³/mol. The first-order chi connectivity index (χ1) is 17.8. The van der Waals surface area contributed by atoms with Crippen molar-refractivity contribution in [3.63, 3.8) is 0 Å². The summed E-state index contributed by atoms with van der Waals surface area (Å²) in [6.07, 6.45) is 3.39. The Labute approximate surface area is 211 Å². The Kier molecular flexibility index (Phi) is 8.87. The molecule has 5 aromatic rings. The summed E-state index contributed by atoms with van der Waals surface area (Å²) in [7, 11) is 0. The van der Waals surface area contributed by atoms with Crippen LogP contribution < -0.4 is 20.5 Å². The lowest BCUT2D eigenvalue weighted by Crippen LogP contribution is -2.00. The zero-order valence-corrected chi connectivity index (χ0v) is 19.8. The SMILES string of the molecule is Nc1ncccc1OCc1ccccc1.c1ccc(COc2cccnc2Nc2ccccc2)cc1. The molecule has 3 N–H and O–H groups in total. The van der Waals surface area contributed by atoms with Crippen molar-refractivity contribution in [2.75, 3.05) is 11.1 Å². The Morgan fingerprint density at radius 3 is 1.64 bits per heavy atom. The molecule has 6 heteroatoms. The van der Waals surface area contributed by atoms with Gasteiger partial charge in [0.25, 0.3) is 0 Å². The average Bonchev–Trinajstić information content (AvgIpc) is 2.94. The molecule has 0 aliphatic rings. The van der Waals surface area contributed by atoms with Crippen LogP contribution in [-0.2, 0) is 13.2 Å². The topological polar surface area (TPSA) is 82.3 Å². The molecule has 2 heterocycles. The molecule has 0 spiro atoms. The summed E-state index contributed by atoms with van der Waals surface area (Å²) in [5, 5.41) is 3.27. The standard InChI is InChI=1S/C18H16N2O.C12H12N2O/c1-3-8-15(9-4-1)14-21-17-12-7-13-19-18(17)20-16-10-5-2-6-11-16;13-12-11(7-4-8-14-12)15-9-10-5-2-1-3-6-10/h1-13H,14H2,(H,19,20);1-8H,9H2,(H2,13,14). The van der Waals surface area contributed by atoms with E-state index < -0.39 is 0 Å². The monoisotopic (exact) mass is 476 g/mol. The van der Waals surface area contributed by atoms with Crippen LogP contribution in [0.2, 0.25) is 0 Å². The van der Waals surface area contributed by atoms with Crippen LogP contribution in [0, 0.1) is 0 Å². The molecule has 0 radical (unpaired) electrons. The molecule has 0 saturated carbocycles. The number of anilines is 3. The average molecular weight is 477 g/mol. The quantitative estimate of drug-likeness (QED) is 0.261. The van der Waals surface area contributed by atoms with Gasteiger partial charge in [-0.1, -0.05) is 78.9 Å².